The normalized spacial score (nSPS) is 17.8. The molecule has 1 N–H and O–H groups in total. The van der Waals surface area contributed by atoms with Crippen molar-refractivity contribution in [2.45, 2.75) is 25.8 Å². The molecule has 0 bridgehead atoms. The van der Waals surface area contributed by atoms with Crippen LogP contribution in [0.4, 0.5) is 11.4 Å². The summed E-state index contributed by atoms with van der Waals surface area (Å²) in [6.07, 6.45) is 0.594. The Morgan fingerprint density at radius 1 is 1.09 bits per heavy atom. The second-order valence-corrected chi connectivity index (χ2v) is 9.07. The minimum Gasteiger partial charge on any atom is -0.497 e. The number of rotatable bonds is 7. The molecular formula is C26H26N2O5S. The lowest BCUT2D eigenvalue weighted by molar-refractivity contribution is -0.153. The average molecular weight is 479 g/mol. The number of amides is 2. The quantitative estimate of drug-likeness (QED) is 0.496. The Labute approximate surface area is 202 Å². The van der Waals surface area contributed by atoms with Crippen molar-refractivity contribution in [1.82, 2.24) is 0 Å². The van der Waals surface area contributed by atoms with Crippen molar-refractivity contribution in [2.24, 2.45) is 5.92 Å². The molecule has 0 saturated carbocycles. The SMILES string of the molecule is COc1ccc(NC(=O)COC(=O)[C@H]2CCC(=O)N(c3ccc(C)cc3)[C@@H]2c2cccs2)cc1. The molecule has 1 aliphatic rings. The molecule has 1 aromatic heterocycles. The molecule has 1 saturated heterocycles. The van der Waals surface area contributed by atoms with Gasteiger partial charge in [0.25, 0.3) is 5.91 Å². The van der Waals surface area contributed by atoms with Crippen LogP contribution < -0.4 is 15.0 Å². The van der Waals surface area contributed by atoms with E-state index in [1.807, 2.05) is 48.7 Å². The molecule has 176 valence electrons. The van der Waals surface area contributed by atoms with Gasteiger partial charge in [0.2, 0.25) is 5.91 Å². The van der Waals surface area contributed by atoms with Crippen LogP contribution in [0.25, 0.3) is 0 Å². The summed E-state index contributed by atoms with van der Waals surface area (Å²) in [4.78, 5) is 41.0. The molecule has 4 rings (SSSR count). The van der Waals surface area contributed by atoms with E-state index in [4.69, 9.17) is 9.47 Å². The number of esters is 1. The van der Waals surface area contributed by atoms with Gasteiger partial charge in [-0.25, -0.2) is 0 Å². The number of carbonyl (C=O) groups excluding carboxylic acids is 3. The first-order valence-corrected chi connectivity index (χ1v) is 11.9. The van der Waals surface area contributed by atoms with E-state index in [0.717, 1.165) is 16.1 Å². The van der Waals surface area contributed by atoms with Crippen LogP contribution in [0, 0.1) is 12.8 Å². The van der Waals surface area contributed by atoms with Gasteiger partial charge in [0, 0.05) is 22.7 Å². The van der Waals surface area contributed by atoms with E-state index >= 15 is 0 Å². The molecule has 2 amide bonds. The number of carbonyl (C=O) groups is 3. The highest BCUT2D eigenvalue weighted by Gasteiger charge is 2.43. The molecule has 0 spiro atoms. The maximum absolute atomic E-state index is 13.1. The van der Waals surface area contributed by atoms with E-state index in [0.29, 0.717) is 17.9 Å². The fraction of sp³-hybridized carbons (Fsp3) is 0.269. The fourth-order valence-corrected chi connectivity index (χ4v) is 4.93. The van der Waals surface area contributed by atoms with Crippen molar-refractivity contribution >= 4 is 40.5 Å². The Morgan fingerprint density at radius 3 is 2.47 bits per heavy atom. The number of thiophene rings is 1. The lowest BCUT2D eigenvalue weighted by Gasteiger charge is -2.39. The van der Waals surface area contributed by atoms with Crippen molar-refractivity contribution in [3.63, 3.8) is 0 Å². The number of benzene rings is 2. The third kappa shape index (κ3) is 5.28. The molecule has 1 fully saturated rings. The van der Waals surface area contributed by atoms with Crippen molar-refractivity contribution < 1.29 is 23.9 Å². The number of hydrogen-bond acceptors (Lipinski definition) is 6. The first-order chi connectivity index (χ1) is 16.5. The first-order valence-electron chi connectivity index (χ1n) is 11.0. The molecule has 0 radical (unpaired) electrons. The first kappa shape index (κ1) is 23.5. The number of nitrogens with zero attached hydrogens (tertiary/aromatic N) is 1. The van der Waals surface area contributed by atoms with Crippen LogP contribution in [0.2, 0.25) is 0 Å². The Hall–Kier alpha value is -3.65. The molecule has 2 heterocycles. The average Bonchev–Trinajstić information content (AvgIpc) is 3.38. The Balaban J connectivity index is 1.48. The van der Waals surface area contributed by atoms with E-state index in [-0.39, 0.29) is 12.3 Å². The van der Waals surface area contributed by atoms with Gasteiger partial charge in [-0.05, 0) is 61.2 Å². The summed E-state index contributed by atoms with van der Waals surface area (Å²) >= 11 is 1.49. The van der Waals surface area contributed by atoms with Gasteiger partial charge in [-0.15, -0.1) is 11.3 Å². The summed E-state index contributed by atoms with van der Waals surface area (Å²) in [6, 6.07) is 17.9. The predicted molar refractivity (Wildman–Crippen MR) is 131 cm³/mol. The minimum atomic E-state index is -0.577. The van der Waals surface area contributed by atoms with Gasteiger partial charge in [0.1, 0.15) is 5.75 Å². The van der Waals surface area contributed by atoms with Crippen LogP contribution in [0.1, 0.15) is 29.3 Å². The third-order valence-electron chi connectivity index (χ3n) is 5.77. The standard InChI is InChI=1S/C26H26N2O5S/c1-17-5-9-19(10-6-17)28-24(30)14-13-21(25(28)22-4-3-15-34-22)26(31)33-16-23(29)27-18-7-11-20(32-2)12-8-18/h3-12,15,21,25H,13-14,16H2,1-2H3,(H,27,29)/t21-,25-/m0/s1. The number of nitrogens with one attached hydrogen (secondary N) is 1. The highest BCUT2D eigenvalue weighted by Crippen LogP contribution is 2.42. The Bertz CT molecular complexity index is 1140. The fourth-order valence-electron chi connectivity index (χ4n) is 4.05. The largest absolute Gasteiger partial charge is 0.497 e. The van der Waals surface area contributed by atoms with Crippen molar-refractivity contribution in [2.75, 3.05) is 23.9 Å². The summed E-state index contributed by atoms with van der Waals surface area (Å²) in [6.45, 7) is 1.58. The van der Waals surface area contributed by atoms with E-state index in [1.54, 1.807) is 36.3 Å². The number of hydrogen-bond donors (Lipinski definition) is 1. The number of anilines is 2. The van der Waals surface area contributed by atoms with Gasteiger partial charge in [-0.1, -0.05) is 23.8 Å². The smallest absolute Gasteiger partial charge is 0.311 e. The van der Waals surface area contributed by atoms with Gasteiger partial charge in [0.15, 0.2) is 6.61 Å². The zero-order valence-corrected chi connectivity index (χ0v) is 19.8. The maximum Gasteiger partial charge on any atom is 0.311 e. The van der Waals surface area contributed by atoms with E-state index in [2.05, 4.69) is 5.32 Å². The lowest BCUT2D eigenvalue weighted by Crippen LogP contribution is -2.46. The van der Waals surface area contributed by atoms with Crippen LogP contribution in [0.5, 0.6) is 5.75 Å². The zero-order chi connectivity index (χ0) is 24.1. The summed E-state index contributed by atoms with van der Waals surface area (Å²) in [5.41, 5.74) is 2.40. The minimum absolute atomic E-state index is 0.0384. The molecule has 8 heteroatoms. The molecule has 0 unspecified atom stereocenters. The molecule has 7 nitrogen and oxygen atoms in total. The van der Waals surface area contributed by atoms with Crippen LogP contribution >= 0.6 is 11.3 Å². The lowest BCUT2D eigenvalue weighted by atomic mass is 9.87. The summed E-state index contributed by atoms with van der Waals surface area (Å²) < 4.78 is 10.5. The molecule has 2 aromatic carbocycles. The summed E-state index contributed by atoms with van der Waals surface area (Å²) in [7, 11) is 1.56. The van der Waals surface area contributed by atoms with Gasteiger partial charge in [-0.2, -0.15) is 0 Å². The highest BCUT2D eigenvalue weighted by molar-refractivity contribution is 7.10. The van der Waals surface area contributed by atoms with Crippen molar-refractivity contribution in [3.8, 4) is 5.75 Å². The molecule has 0 aliphatic carbocycles. The molecule has 3 aromatic rings. The van der Waals surface area contributed by atoms with Crippen LogP contribution in [-0.4, -0.2) is 31.5 Å². The Morgan fingerprint density at radius 2 is 1.82 bits per heavy atom. The maximum atomic E-state index is 13.1. The van der Waals surface area contributed by atoms with Crippen molar-refractivity contribution in [1.29, 1.82) is 0 Å². The van der Waals surface area contributed by atoms with E-state index < -0.39 is 30.4 Å². The van der Waals surface area contributed by atoms with Crippen LogP contribution in [0.3, 0.4) is 0 Å². The highest BCUT2D eigenvalue weighted by atomic mass is 32.1. The van der Waals surface area contributed by atoms with Gasteiger partial charge < -0.3 is 19.7 Å². The molecule has 1 aliphatic heterocycles. The topological polar surface area (TPSA) is 84.9 Å². The van der Waals surface area contributed by atoms with Crippen molar-refractivity contribution in [3.05, 3.63) is 76.5 Å². The van der Waals surface area contributed by atoms with E-state index in [1.165, 1.54) is 11.3 Å². The number of methoxy groups -OCH3 is 1. The molecule has 34 heavy (non-hydrogen) atoms. The zero-order valence-electron chi connectivity index (χ0n) is 19.0. The number of ether oxygens (including phenoxy) is 2. The molecular weight excluding hydrogens is 452 g/mol. The number of piperidine rings is 1. The second-order valence-electron chi connectivity index (χ2n) is 8.09. The predicted octanol–water partition coefficient (Wildman–Crippen LogP) is 4.73. The summed E-state index contributed by atoms with van der Waals surface area (Å²) in [5.74, 6) is -0.870. The van der Waals surface area contributed by atoms with Gasteiger partial charge in [0.05, 0.1) is 19.1 Å². The third-order valence-corrected chi connectivity index (χ3v) is 6.71. The Kier molecular flexibility index (Phi) is 7.27. The summed E-state index contributed by atoms with van der Waals surface area (Å²) in [5, 5.41) is 4.63. The van der Waals surface area contributed by atoms with Gasteiger partial charge in [-0.3, -0.25) is 14.4 Å². The monoisotopic (exact) mass is 478 g/mol. The number of aryl methyl sites for hydroxylation is 1. The van der Waals surface area contributed by atoms with Gasteiger partial charge >= 0.3 is 5.97 Å². The van der Waals surface area contributed by atoms with Crippen LogP contribution in [-0.2, 0) is 19.1 Å². The van der Waals surface area contributed by atoms with E-state index in [9.17, 15) is 14.4 Å². The second kappa shape index (κ2) is 10.5. The van der Waals surface area contributed by atoms with Crippen LogP contribution in [0.15, 0.2) is 66.0 Å². The molecule has 2 atom stereocenters.